The lowest BCUT2D eigenvalue weighted by Gasteiger charge is -2.23. The molecule has 3 amide bonds. The first-order chi connectivity index (χ1) is 15.7. The summed E-state index contributed by atoms with van der Waals surface area (Å²) in [5, 5.41) is 16.7. The number of thiol groups is 2. The van der Waals surface area contributed by atoms with E-state index in [-0.39, 0.29) is 24.3 Å². The molecule has 180 valence electrons. The van der Waals surface area contributed by atoms with Crippen molar-refractivity contribution in [3.8, 4) is 0 Å². The van der Waals surface area contributed by atoms with E-state index in [0.717, 1.165) is 0 Å². The van der Waals surface area contributed by atoms with Crippen molar-refractivity contribution in [1.29, 1.82) is 0 Å². The largest absolute Gasteiger partial charge is 0.480 e. The Bertz CT molecular complexity index is 924. The molecule has 0 spiro atoms. The Kier molecular flexibility index (Phi) is 10.2. The number of nitrogens with one attached hydrogen (secondary N) is 5. The second kappa shape index (κ2) is 12.9. The zero-order valence-electron chi connectivity index (χ0n) is 17.4. The number of aromatic nitrogens is 4. The number of aliphatic carboxylic acids is 1. The third-order valence-corrected chi connectivity index (χ3v) is 5.29. The van der Waals surface area contributed by atoms with Gasteiger partial charge in [-0.05, 0) is 0 Å². The Labute approximate surface area is 199 Å². The fraction of sp³-hybridized carbons (Fsp3) is 0.444. The molecule has 0 saturated carbocycles. The summed E-state index contributed by atoms with van der Waals surface area (Å²) in [7, 11) is 0. The molecule has 0 aliphatic carbocycles. The number of rotatable bonds is 13. The number of carboxylic acid groups (broad SMARTS) is 1. The highest BCUT2D eigenvalue weighted by Crippen LogP contribution is 2.02. The Morgan fingerprint density at radius 1 is 0.848 bits per heavy atom. The van der Waals surface area contributed by atoms with Gasteiger partial charge in [0.2, 0.25) is 17.7 Å². The molecule has 4 unspecified atom stereocenters. The summed E-state index contributed by atoms with van der Waals surface area (Å²) in [4.78, 5) is 62.3. The maximum Gasteiger partial charge on any atom is 0.326 e. The molecule has 0 radical (unpaired) electrons. The molecule has 0 aliphatic rings. The van der Waals surface area contributed by atoms with Crippen molar-refractivity contribution >= 4 is 48.9 Å². The number of hydrogen-bond acceptors (Lipinski definition) is 9. The van der Waals surface area contributed by atoms with Crippen molar-refractivity contribution in [2.45, 2.75) is 37.0 Å². The number of nitrogens with zero attached hydrogens (tertiary/aromatic N) is 2. The van der Waals surface area contributed by atoms with Crippen LogP contribution in [0.3, 0.4) is 0 Å². The van der Waals surface area contributed by atoms with Gasteiger partial charge in [-0.3, -0.25) is 14.4 Å². The quantitative estimate of drug-likeness (QED) is 0.136. The minimum absolute atomic E-state index is 0.0299. The molecule has 0 bridgehead atoms. The van der Waals surface area contributed by atoms with Gasteiger partial charge in [-0.1, -0.05) is 0 Å². The highest BCUT2D eigenvalue weighted by molar-refractivity contribution is 7.80. The van der Waals surface area contributed by atoms with Gasteiger partial charge in [-0.15, -0.1) is 0 Å². The van der Waals surface area contributed by atoms with Crippen molar-refractivity contribution in [1.82, 2.24) is 35.9 Å². The SMILES string of the molecule is NC(Cc1cnc[nH]1)C(=O)NC(CS)C(=O)NC(CS)C(=O)NC(Cc1cnc[nH]1)C(=O)O. The van der Waals surface area contributed by atoms with E-state index in [4.69, 9.17) is 5.73 Å². The number of aromatic amines is 2. The average molecular weight is 499 g/mol. The minimum atomic E-state index is -1.26. The molecular weight excluding hydrogens is 472 g/mol. The summed E-state index contributed by atoms with van der Waals surface area (Å²) in [5.41, 5.74) is 7.04. The fourth-order valence-corrected chi connectivity index (χ4v) is 3.27. The van der Waals surface area contributed by atoms with Gasteiger partial charge in [0.25, 0.3) is 0 Å². The molecule has 15 heteroatoms. The molecule has 0 saturated heterocycles. The Balaban J connectivity index is 1.93. The summed E-state index contributed by atoms with van der Waals surface area (Å²) in [6.45, 7) is 0. The third kappa shape index (κ3) is 8.11. The highest BCUT2D eigenvalue weighted by atomic mass is 32.1. The first kappa shape index (κ1) is 26.2. The number of imidazole rings is 2. The summed E-state index contributed by atoms with van der Waals surface area (Å²) in [6.07, 6.45) is 5.97. The molecule has 2 rings (SSSR count). The second-order valence-electron chi connectivity index (χ2n) is 7.06. The molecule has 0 aliphatic heterocycles. The van der Waals surface area contributed by atoms with Gasteiger partial charge in [-0.2, -0.15) is 25.3 Å². The van der Waals surface area contributed by atoms with Gasteiger partial charge < -0.3 is 36.8 Å². The zero-order valence-corrected chi connectivity index (χ0v) is 19.2. The number of carboxylic acids is 1. The lowest BCUT2D eigenvalue weighted by molar-refractivity contribution is -0.142. The van der Waals surface area contributed by atoms with E-state index in [2.05, 4.69) is 61.1 Å². The van der Waals surface area contributed by atoms with E-state index in [1.165, 1.54) is 25.0 Å². The van der Waals surface area contributed by atoms with Crippen LogP contribution < -0.4 is 21.7 Å². The topological polar surface area (TPSA) is 208 Å². The van der Waals surface area contributed by atoms with Crippen LogP contribution in [0.1, 0.15) is 11.4 Å². The predicted molar refractivity (Wildman–Crippen MR) is 124 cm³/mol. The van der Waals surface area contributed by atoms with Gasteiger partial charge in [0.05, 0.1) is 18.7 Å². The van der Waals surface area contributed by atoms with Gasteiger partial charge in [-0.25, -0.2) is 14.8 Å². The summed E-state index contributed by atoms with van der Waals surface area (Å²) >= 11 is 8.15. The number of nitrogens with two attached hydrogens (primary N) is 1. The Hall–Kier alpha value is -3.04. The van der Waals surface area contributed by atoms with Crippen LogP contribution in [0.15, 0.2) is 25.0 Å². The van der Waals surface area contributed by atoms with Crippen molar-refractivity contribution in [2.24, 2.45) is 5.73 Å². The van der Waals surface area contributed by atoms with E-state index in [1.54, 1.807) is 0 Å². The zero-order chi connectivity index (χ0) is 24.4. The van der Waals surface area contributed by atoms with E-state index in [1.807, 2.05) is 0 Å². The lowest BCUT2D eigenvalue weighted by atomic mass is 10.1. The normalized spacial score (nSPS) is 14.5. The molecule has 4 atom stereocenters. The van der Waals surface area contributed by atoms with Crippen LogP contribution in [0.25, 0.3) is 0 Å². The number of amides is 3. The van der Waals surface area contributed by atoms with Crippen LogP contribution in [0, 0.1) is 0 Å². The molecule has 8 N–H and O–H groups in total. The first-order valence-electron chi connectivity index (χ1n) is 9.80. The van der Waals surface area contributed by atoms with Crippen LogP contribution >= 0.6 is 25.3 Å². The van der Waals surface area contributed by atoms with Crippen LogP contribution in [0.5, 0.6) is 0 Å². The van der Waals surface area contributed by atoms with Crippen molar-refractivity contribution < 1.29 is 24.3 Å². The van der Waals surface area contributed by atoms with Crippen molar-refractivity contribution in [2.75, 3.05) is 11.5 Å². The van der Waals surface area contributed by atoms with E-state index < -0.39 is 47.9 Å². The van der Waals surface area contributed by atoms with Crippen LogP contribution in [0.4, 0.5) is 0 Å². The molecule has 2 heterocycles. The smallest absolute Gasteiger partial charge is 0.326 e. The lowest BCUT2D eigenvalue weighted by Crippen LogP contribution is -2.58. The first-order valence-corrected chi connectivity index (χ1v) is 11.1. The van der Waals surface area contributed by atoms with Gasteiger partial charge in [0.1, 0.15) is 18.1 Å². The Morgan fingerprint density at radius 3 is 1.73 bits per heavy atom. The predicted octanol–water partition coefficient (Wildman–Crippen LogP) is -2.36. The highest BCUT2D eigenvalue weighted by Gasteiger charge is 2.29. The van der Waals surface area contributed by atoms with Crippen LogP contribution in [-0.4, -0.2) is 84.4 Å². The van der Waals surface area contributed by atoms with Crippen LogP contribution in [-0.2, 0) is 32.0 Å². The fourth-order valence-electron chi connectivity index (χ4n) is 2.75. The monoisotopic (exact) mass is 498 g/mol. The molecule has 13 nitrogen and oxygen atoms in total. The van der Waals surface area contributed by atoms with Crippen LogP contribution in [0.2, 0.25) is 0 Å². The van der Waals surface area contributed by atoms with Gasteiger partial charge in [0.15, 0.2) is 0 Å². The van der Waals surface area contributed by atoms with E-state index >= 15 is 0 Å². The van der Waals surface area contributed by atoms with Crippen molar-refractivity contribution in [3.63, 3.8) is 0 Å². The summed E-state index contributed by atoms with van der Waals surface area (Å²) < 4.78 is 0. The molecule has 2 aromatic rings. The molecule has 2 aromatic heterocycles. The number of H-pyrrole nitrogens is 2. The molecular formula is C18H26N8O5S2. The Morgan fingerprint density at radius 2 is 1.30 bits per heavy atom. The molecule has 33 heavy (non-hydrogen) atoms. The number of carbonyl (C=O) groups is 4. The minimum Gasteiger partial charge on any atom is -0.480 e. The molecule has 0 fully saturated rings. The summed E-state index contributed by atoms with van der Waals surface area (Å²) in [5.74, 6) is -3.45. The number of carbonyl (C=O) groups excluding carboxylic acids is 3. The number of hydrogen-bond donors (Lipinski definition) is 9. The van der Waals surface area contributed by atoms with Gasteiger partial charge >= 0.3 is 5.97 Å². The average Bonchev–Trinajstić information content (AvgIpc) is 3.49. The maximum atomic E-state index is 12.6. The van der Waals surface area contributed by atoms with E-state index in [9.17, 15) is 24.3 Å². The maximum absolute atomic E-state index is 12.6. The van der Waals surface area contributed by atoms with E-state index in [0.29, 0.717) is 11.4 Å². The third-order valence-electron chi connectivity index (χ3n) is 4.56. The standard InChI is InChI=1S/C18H26N8O5S2/c19-11(1-9-3-20-7-22-9)15(27)25-13(5-32)17(29)26-14(6-33)16(28)24-12(18(30)31)2-10-4-21-8-23-10/h3-4,7-8,11-14,32-33H,1-2,5-6,19H2,(H,20,22)(H,21,23)(H,24,28)(H,25,27)(H,26,29)(H,30,31). The van der Waals surface area contributed by atoms with Crippen molar-refractivity contribution in [3.05, 3.63) is 36.4 Å². The summed E-state index contributed by atoms with van der Waals surface area (Å²) in [6, 6.07) is -4.42. The van der Waals surface area contributed by atoms with Gasteiger partial charge in [0, 0.05) is 48.1 Å². The molecule has 0 aromatic carbocycles. The second-order valence-corrected chi connectivity index (χ2v) is 7.79.